The zero-order valence-electron chi connectivity index (χ0n) is 13.1. The van der Waals surface area contributed by atoms with Crippen molar-refractivity contribution in [3.63, 3.8) is 0 Å². The molecule has 0 unspecified atom stereocenters. The van der Waals surface area contributed by atoms with Crippen LogP contribution in [0.3, 0.4) is 0 Å². The molecule has 0 aromatic heterocycles. The summed E-state index contributed by atoms with van der Waals surface area (Å²) in [6, 6.07) is 4.32. The summed E-state index contributed by atoms with van der Waals surface area (Å²) in [6.07, 6.45) is 0. The largest absolute Gasteiger partial charge is 0.353 e. The van der Waals surface area contributed by atoms with E-state index in [4.69, 9.17) is 23.2 Å². The molecule has 0 radical (unpaired) electrons. The van der Waals surface area contributed by atoms with Gasteiger partial charge in [0.25, 0.3) is 5.91 Å². The normalized spacial score (nSPS) is 13.6. The molecule has 0 saturated heterocycles. The van der Waals surface area contributed by atoms with Crippen LogP contribution in [0.2, 0.25) is 10.0 Å². The van der Waals surface area contributed by atoms with E-state index in [9.17, 15) is 9.59 Å². The quantitative estimate of drug-likeness (QED) is 0.830. The Hall–Kier alpha value is -1.30. The number of benzene rings is 1. The van der Waals surface area contributed by atoms with Gasteiger partial charge in [-0.05, 0) is 40.1 Å². The fraction of sp³-hybridized carbons (Fsp3) is 0.467. The fourth-order valence-corrected chi connectivity index (χ4v) is 1.99. The van der Waals surface area contributed by atoms with Gasteiger partial charge in [-0.1, -0.05) is 29.3 Å². The first kappa shape index (κ1) is 18.7. The van der Waals surface area contributed by atoms with Crippen LogP contribution in [0, 0.1) is 0 Å². The predicted molar refractivity (Wildman–Crippen MR) is 89.5 cm³/mol. The summed E-state index contributed by atoms with van der Waals surface area (Å²) < 4.78 is 0. The van der Waals surface area contributed by atoms with E-state index in [1.165, 1.54) is 0 Å². The molecular weight excluding hydrogens is 325 g/mol. The second-order valence-electron chi connectivity index (χ2n) is 5.35. The van der Waals surface area contributed by atoms with Gasteiger partial charge < -0.3 is 15.5 Å². The Kier molecular flexibility index (Phi) is 7.13. The molecular formula is C15H21Cl2N3O2. The van der Waals surface area contributed by atoms with Gasteiger partial charge in [0.2, 0.25) is 5.91 Å². The smallest absolute Gasteiger partial charge is 0.253 e. The third-order valence-electron chi connectivity index (χ3n) is 3.39. The van der Waals surface area contributed by atoms with E-state index in [2.05, 4.69) is 10.6 Å². The van der Waals surface area contributed by atoms with Crippen LogP contribution in [0.5, 0.6) is 0 Å². The lowest BCUT2D eigenvalue weighted by molar-refractivity contribution is -0.122. The summed E-state index contributed by atoms with van der Waals surface area (Å²) in [5.41, 5.74) is 0.246. The minimum Gasteiger partial charge on any atom is -0.353 e. The zero-order chi connectivity index (χ0) is 16.9. The van der Waals surface area contributed by atoms with E-state index in [0.717, 1.165) is 0 Å². The van der Waals surface area contributed by atoms with Gasteiger partial charge in [-0.25, -0.2) is 0 Å². The highest BCUT2D eigenvalue weighted by molar-refractivity contribution is 6.43. The molecule has 0 aliphatic heterocycles. The van der Waals surface area contributed by atoms with E-state index < -0.39 is 11.9 Å². The zero-order valence-corrected chi connectivity index (χ0v) is 14.6. The van der Waals surface area contributed by atoms with Crippen LogP contribution in [0.25, 0.3) is 0 Å². The van der Waals surface area contributed by atoms with Crippen molar-refractivity contribution < 1.29 is 9.59 Å². The number of likely N-dealkylation sites (N-methyl/N-ethyl adjacent to an activating group) is 1. The van der Waals surface area contributed by atoms with Gasteiger partial charge in [-0.15, -0.1) is 0 Å². The Morgan fingerprint density at radius 3 is 2.45 bits per heavy atom. The van der Waals surface area contributed by atoms with E-state index >= 15 is 0 Å². The average Bonchev–Trinajstić information content (AvgIpc) is 2.46. The maximum atomic E-state index is 12.1. The monoisotopic (exact) mass is 345 g/mol. The molecule has 1 aromatic carbocycles. The first-order valence-electron chi connectivity index (χ1n) is 6.93. The minimum atomic E-state index is -0.670. The molecule has 0 heterocycles. The van der Waals surface area contributed by atoms with Gasteiger partial charge >= 0.3 is 0 Å². The molecule has 0 saturated carbocycles. The summed E-state index contributed by atoms with van der Waals surface area (Å²) >= 11 is 11.9. The first-order valence-corrected chi connectivity index (χ1v) is 7.68. The summed E-state index contributed by atoms with van der Waals surface area (Å²) in [5.74, 6) is -0.684. The Bertz CT molecular complexity index is 550. The maximum Gasteiger partial charge on any atom is 0.253 e. The van der Waals surface area contributed by atoms with Gasteiger partial charge in [0.15, 0.2) is 0 Å². The minimum absolute atomic E-state index is 0.176. The van der Waals surface area contributed by atoms with Crippen molar-refractivity contribution >= 4 is 35.0 Å². The number of rotatable bonds is 6. The van der Waals surface area contributed by atoms with Crippen LogP contribution in [0.4, 0.5) is 0 Å². The Morgan fingerprint density at radius 1 is 1.23 bits per heavy atom. The SMILES string of the molecule is C[C@@H](NC(=O)c1cccc(Cl)c1Cl)C(=O)NC[C@H](C)N(C)C. The number of carbonyl (C=O) groups excluding carboxylic acids is 2. The molecule has 5 nitrogen and oxygen atoms in total. The molecule has 2 atom stereocenters. The third kappa shape index (κ3) is 5.16. The van der Waals surface area contributed by atoms with E-state index in [1.807, 2.05) is 25.9 Å². The summed E-state index contributed by atoms with van der Waals surface area (Å²) in [4.78, 5) is 26.1. The van der Waals surface area contributed by atoms with E-state index in [-0.39, 0.29) is 22.5 Å². The molecule has 0 bridgehead atoms. The highest BCUT2D eigenvalue weighted by Crippen LogP contribution is 2.25. The van der Waals surface area contributed by atoms with Crippen molar-refractivity contribution in [2.45, 2.75) is 25.9 Å². The predicted octanol–water partition coefficient (Wildman–Crippen LogP) is 2.18. The summed E-state index contributed by atoms with van der Waals surface area (Å²) in [6.45, 7) is 4.12. The van der Waals surface area contributed by atoms with Gasteiger partial charge in [0.1, 0.15) is 6.04 Å². The number of amides is 2. The highest BCUT2D eigenvalue weighted by atomic mass is 35.5. The van der Waals surface area contributed by atoms with Crippen LogP contribution in [0.15, 0.2) is 18.2 Å². The first-order chi connectivity index (χ1) is 10.2. The molecule has 1 aromatic rings. The lowest BCUT2D eigenvalue weighted by Gasteiger charge is -2.21. The van der Waals surface area contributed by atoms with Crippen molar-refractivity contribution in [3.05, 3.63) is 33.8 Å². The molecule has 0 fully saturated rings. The van der Waals surface area contributed by atoms with Crippen LogP contribution in [-0.2, 0) is 4.79 Å². The number of carbonyl (C=O) groups is 2. The fourth-order valence-electron chi connectivity index (χ4n) is 1.60. The Labute approximate surface area is 141 Å². The van der Waals surface area contributed by atoms with Gasteiger partial charge in [-0.3, -0.25) is 9.59 Å². The summed E-state index contributed by atoms with van der Waals surface area (Å²) in [5, 5.41) is 5.88. The topological polar surface area (TPSA) is 61.4 Å². The average molecular weight is 346 g/mol. The summed E-state index contributed by atoms with van der Waals surface area (Å²) in [7, 11) is 3.87. The molecule has 0 spiro atoms. The molecule has 2 N–H and O–H groups in total. The number of hydrogen-bond donors (Lipinski definition) is 2. The number of nitrogens with zero attached hydrogens (tertiary/aromatic N) is 1. The van der Waals surface area contributed by atoms with Gasteiger partial charge in [0.05, 0.1) is 15.6 Å². The lowest BCUT2D eigenvalue weighted by atomic mass is 10.2. The molecule has 2 amide bonds. The van der Waals surface area contributed by atoms with E-state index in [0.29, 0.717) is 11.6 Å². The van der Waals surface area contributed by atoms with Crippen molar-refractivity contribution in [3.8, 4) is 0 Å². The van der Waals surface area contributed by atoms with Gasteiger partial charge in [-0.2, -0.15) is 0 Å². The third-order valence-corrected chi connectivity index (χ3v) is 4.21. The Balaban J connectivity index is 2.60. The molecule has 0 aliphatic carbocycles. The maximum absolute atomic E-state index is 12.1. The van der Waals surface area contributed by atoms with Crippen LogP contribution < -0.4 is 10.6 Å². The van der Waals surface area contributed by atoms with Crippen molar-refractivity contribution in [1.82, 2.24) is 15.5 Å². The number of hydrogen-bond acceptors (Lipinski definition) is 3. The van der Waals surface area contributed by atoms with Crippen molar-refractivity contribution in [2.24, 2.45) is 0 Å². The second kappa shape index (κ2) is 8.36. The highest BCUT2D eigenvalue weighted by Gasteiger charge is 2.19. The van der Waals surface area contributed by atoms with Crippen LogP contribution >= 0.6 is 23.2 Å². The van der Waals surface area contributed by atoms with Crippen molar-refractivity contribution in [2.75, 3.05) is 20.6 Å². The van der Waals surface area contributed by atoms with E-state index in [1.54, 1.807) is 25.1 Å². The number of halogens is 2. The molecule has 22 heavy (non-hydrogen) atoms. The number of nitrogens with one attached hydrogen (secondary N) is 2. The standard InChI is InChI=1S/C15H21Cl2N3O2/c1-9(20(3)4)8-18-14(21)10(2)19-15(22)11-6-5-7-12(16)13(11)17/h5-7,9-10H,8H2,1-4H3,(H,18,21)(H,19,22)/t9-,10+/m0/s1. The Morgan fingerprint density at radius 2 is 1.86 bits per heavy atom. The second-order valence-corrected chi connectivity index (χ2v) is 6.14. The van der Waals surface area contributed by atoms with Crippen molar-refractivity contribution in [1.29, 1.82) is 0 Å². The molecule has 122 valence electrons. The van der Waals surface area contributed by atoms with Crippen LogP contribution in [-0.4, -0.2) is 49.4 Å². The molecule has 7 heteroatoms. The van der Waals surface area contributed by atoms with Gasteiger partial charge in [0, 0.05) is 12.6 Å². The molecule has 0 aliphatic rings. The molecule has 1 rings (SSSR count). The van der Waals surface area contributed by atoms with Crippen LogP contribution in [0.1, 0.15) is 24.2 Å². The lowest BCUT2D eigenvalue weighted by Crippen LogP contribution is -2.48.